The minimum absolute atomic E-state index is 0.270. The van der Waals surface area contributed by atoms with E-state index >= 15 is 0 Å². The zero-order chi connectivity index (χ0) is 10.0. The summed E-state index contributed by atoms with van der Waals surface area (Å²) in [4.78, 5) is 0. The lowest BCUT2D eigenvalue weighted by atomic mass is 10.1. The predicted octanol–water partition coefficient (Wildman–Crippen LogP) is 1.55. The van der Waals surface area contributed by atoms with Crippen molar-refractivity contribution in [3.05, 3.63) is 11.9 Å². The van der Waals surface area contributed by atoms with E-state index in [1.165, 1.54) is 0 Å². The Balaban J connectivity index is 2.93. The molecule has 0 aromatic carbocycles. The van der Waals surface area contributed by atoms with Crippen LogP contribution in [0.4, 0.5) is 0 Å². The van der Waals surface area contributed by atoms with Crippen LogP contribution in [0.15, 0.2) is 6.20 Å². The van der Waals surface area contributed by atoms with E-state index in [9.17, 15) is 5.11 Å². The normalized spacial score (nSPS) is 16.2. The molecule has 0 spiro atoms. The third-order valence-electron chi connectivity index (χ3n) is 2.38. The maximum absolute atomic E-state index is 9.42. The third kappa shape index (κ3) is 2.06. The molecule has 0 amide bonds. The summed E-state index contributed by atoms with van der Waals surface area (Å²) in [5.41, 5.74) is 0.779. The van der Waals surface area contributed by atoms with E-state index < -0.39 is 6.10 Å². The highest BCUT2D eigenvalue weighted by molar-refractivity contribution is 4.98. The number of aromatic nitrogens is 3. The molecular weight excluding hydrogens is 166 g/mol. The molecule has 1 aromatic heterocycles. The second kappa shape index (κ2) is 3.87. The minimum atomic E-state index is -0.504. The Kier molecular flexibility index (Phi) is 3.03. The first kappa shape index (κ1) is 10.2. The van der Waals surface area contributed by atoms with Crippen molar-refractivity contribution in [2.75, 3.05) is 0 Å². The summed E-state index contributed by atoms with van der Waals surface area (Å²) in [6.45, 7) is 8.05. The van der Waals surface area contributed by atoms with Crippen LogP contribution in [0.2, 0.25) is 0 Å². The van der Waals surface area contributed by atoms with Crippen LogP contribution in [0.3, 0.4) is 0 Å². The lowest BCUT2D eigenvalue weighted by Gasteiger charge is -2.18. The summed E-state index contributed by atoms with van der Waals surface area (Å²) < 4.78 is 1.79. The topological polar surface area (TPSA) is 50.9 Å². The quantitative estimate of drug-likeness (QED) is 0.773. The number of rotatable bonds is 3. The Morgan fingerprint density at radius 2 is 1.92 bits per heavy atom. The molecule has 0 fully saturated rings. The molecule has 74 valence electrons. The van der Waals surface area contributed by atoms with Gasteiger partial charge >= 0.3 is 0 Å². The first-order valence-corrected chi connectivity index (χ1v) is 4.62. The van der Waals surface area contributed by atoms with E-state index in [-0.39, 0.29) is 6.04 Å². The smallest absolute Gasteiger partial charge is 0.0945 e. The Labute approximate surface area is 78.6 Å². The zero-order valence-electron chi connectivity index (χ0n) is 8.60. The van der Waals surface area contributed by atoms with Gasteiger partial charge in [-0.25, -0.2) is 4.68 Å². The molecule has 2 unspecified atom stereocenters. The van der Waals surface area contributed by atoms with Crippen molar-refractivity contribution in [3.63, 3.8) is 0 Å². The van der Waals surface area contributed by atoms with Gasteiger partial charge in [-0.3, -0.25) is 0 Å². The van der Waals surface area contributed by atoms with E-state index in [1.807, 2.05) is 0 Å². The van der Waals surface area contributed by atoms with Gasteiger partial charge < -0.3 is 5.11 Å². The zero-order valence-corrected chi connectivity index (χ0v) is 8.60. The van der Waals surface area contributed by atoms with Crippen LogP contribution >= 0.6 is 0 Å². The van der Waals surface area contributed by atoms with Gasteiger partial charge in [0.1, 0.15) is 0 Å². The molecule has 0 saturated heterocycles. The van der Waals surface area contributed by atoms with Crippen molar-refractivity contribution in [1.29, 1.82) is 0 Å². The molecule has 0 bridgehead atoms. The lowest BCUT2D eigenvalue weighted by molar-refractivity contribution is 0.180. The van der Waals surface area contributed by atoms with E-state index in [0.29, 0.717) is 5.92 Å². The number of aliphatic hydroxyl groups excluding tert-OH is 1. The Morgan fingerprint density at radius 3 is 2.38 bits per heavy atom. The van der Waals surface area contributed by atoms with Gasteiger partial charge in [0.15, 0.2) is 0 Å². The number of hydrogen-bond donors (Lipinski definition) is 1. The number of hydrogen-bond acceptors (Lipinski definition) is 3. The summed E-state index contributed by atoms with van der Waals surface area (Å²) in [5, 5.41) is 17.2. The molecule has 0 aliphatic carbocycles. The average molecular weight is 183 g/mol. The number of nitrogens with zero attached hydrogens (tertiary/aromatic N) is 3. The summed E-state index contributed by atoms with van der Waals surface area (Å²) in [7, 11) is 0. The van der Waals surface area contributed by atoms with Crippen LogP contribution < -0.4 is 0 Å². The summed E-state index contributed by atoms with van der Waals surface area (Å²) in [6, 6.07) is 0.270. The fourth-order valence-electron chi connectivity index (χ4n) is 1.15. The van der Waals surface area contributed by atoms with E-state index in [2.05, 4.69) is 31.1 Å². The van der Waals surface area contributed by atoms with E-state index in [1.54, 1.807) is 17.8 Å². The number of aliphatic hydroxyl groups is 1. The van der Waals surface area contributed by atoms with Crippen LogP contribution in [-0.4, -0.2) is 20.1 Å². The molecule has 0 aliphatic heterocycles. The van der Waals surface area contributed by atoms with Gasteiger partial charge in [-0.1, -0.05) is 19.1 Å². The van der Waals surface area contributed by atoms with Gasteiger partial charge in [-0.05, 0) is 19.8 Å². The van der Waals surface area contributed by atoms with Crippen molar-refractivity contribution in [2.24, 2.45) is 5.92 Å². The average Bonchev–Trinajstić information content (AvgIpc) is 2.50. The third-order valence-corrected chi connectivity index (χ3v) is 2.38. The molecule has 0 aliphatic rings. The summed E-state index contributed by atoms with van der Waals surface area (Å²) in [5.74, 6) is 0.485. The Hall–Kier alpha value is -0.900. The molecule has 4 heteroatoms. The lowest BCUT2D eigenvalue weighted by Crippen LogP contribution is -2.16. The fourth-order valence-corrected chi connectivity index (χ4v) is 1.15. The van der Waals surface area contributed by atoms with Crippen LogP contribution in [-0.2, 0) is 0 Å². The SMILES string of the molecule is CC(O)c1cnnn1C(C)C(C)C. The molecule has 1 aromatic rings. The first-order valence-electron chi connectivity index (χ1n) is 4.62. The molecule has 1 heterocycles. The molecule has 4 nitrogen and oxygen atoms in total. The van der Waals surface area contributed by atoms with E-state index in [4.69, 9.17) is 0 Å². The van der Waals surface area contributed by atoms with Gasteiger partial charge in [0.25, 0.3) is 0 Å². The van der Waals surface area contributed by atoms with Crippen LogP contribution in [0.1, 0.15) is 45.5 Å². The maximum atomic E-state index is 9.42. The van der Waals surface area contributed by atoms with Crippen LogP contribution in [0.5, 0.6) is 0 Å². The van der Waals surface area contributed by atoms with Gasteiger partial charge in [0, 0.05) is 0 Å². The molecule has 1 rings (SSSR count). The second-order valence-electron chi connectivity index (χ2n) is 3.76. The van der Waals surface area contributed by atoms with Crippen molar-refractivity contribution in [3.8, 4) is 0 Å². The van der Waals surface area contributed by atoms with Crippen molar-refractivity contribution < 1.29 is 5.11 Å². The Bertz CT molecular complexity index is 268. The molecule has 1 N–H and O–H groups in total. The van der Waals surface area contributed by atoms with Gasteiger partial charge in [0.05, 0.1) is 24.0 Å². The van der Waals surface area contributed by atoms with Crippen LogP contribution in [0.25, 0.3) is 0 Å². The van der Waals surface area contributed by atoms with Gasteiger partial charge in [-0.15, -0.1) is 5.10 Å². The van der Waals surface area contributed by atoms with Crippen molar-refractivity contribution >= 4 is 0 Å². The fraction of sp³-hybridized carbons (Fsp3) is 0.778. The summed E-state index contributed by atoms with van der Waals surface area (Å²) in [6.07, 6.45) is 1.11. The highest BCUT2D eigenvalue weighted by Crippen LogP contribution is 2.20. The Morgan fingerprint density at radius 1 is 1.31 bits per heavy atom. The molecule has 13 heavy (non-hydrogen) atoms. The largest absolute Gasteiger partial charge is 0.387 e. The monoisotopic (exact) mass is 183 g/mol. The van der Waals surface area contributed by atoms with Crippen molar-refractivity contribution in [2.45, 2.75) is 39.8 Å². The molecule has 0 saturated carbocycles. The minimum Gasteiger partial charge on any atom is -0.387 e. The van der Waals surface area contributed by atoms with Crippen LogP contribution in [0, 0.1) is 5.92 Å². The maximum Gasteiger partial charge on any atom is 0.0945 e. The van der Waals surface area contributed by atoms with Crippen molar-refractivity contribution in [1.82, 2.24) is 15.0 Å². The van der Waals surface area contributed by atoms with Gasteiger partial charge in [-0.2, -0.15) is 0 Å². The highest BCUT2D eigenvalue weighted by atomic mass is 16.3. The second-order valence-corrected chi connectivity index (χ2v) is 3.76. The molecular formula is C9H17N3O. The van der Waals surface area contributed by atoms with Gasteiger partial charge in [0.2, 0.25) is 0 Å². The highest BCUT2D eigenvalue weighted by Gasteiger charge is 2.16. The predicted molar refractivity (Wildman–Crippen MR) is 50.2 cm³/mol. The molecule has 0 radical (unpaired) electrons. The van der Waals surface area contributed by atoms with E-state index in [0.717, 1.165) is 5.69 Å². The molecule has 2 atom stereocenters. The first-order chi connectivity index (χ1) is 6.04. The summed E-state index contributed by atoms with van der Waals surface area (Å²) >= 11 is 0. The standard InChI is InChI=1S/C9H17N3O/c1-6(2)7(3)12-9(8(4)13)5-10-11-12/h5-8,13H,1-4H3.